The number of fused-ring (bicyclic) bond motifs is 1. The molecular weight excluding hydrogens is 350 g/mol. The van der Waals surface area contributed by atoms with Gasteiger partial charge in [-0.25, -0.2) is 9.97 Å². The van der Waals surface area contributed by atoms with Gasteiger partial charge in [-0.1, -0.05) is 19.3 Å². The lowest BCUT2D eigenvalue weighted by atomic mass is 9.89. The van der Waals surface area contributed by atoms with Gasteiger partial charge in [-0.2, -0.15) is 0 Å². The van der Waals surface area contributed by atoms with Gasteiger partial charge in [0, 0.05) is 17.7 Å². The number of aliphatic hydroxyl groups excluding tert-OH is 3. The Labute approximate surface area is 156 Å². The van der Waals surface area contributed by atoms with Gasteiger partial charge in [-0.3, -0.25) is 4.79 Å². The van der Waals surface area contributed by atoms with Gasteiger partial charge < -0.3 is 30.9 Å². The van der Waals surface area contributed by atoms with Gasteiger partial charge >= 0.3 is 0 Å². The molecule has 2 aromatic heterocycles. The molecule has 1 saturated heterocycles. The predicted octanol–water partition coefficient (Wildman–Crippen LogP) is 0.204. The second kappa shape index (κ2) is 7.51. The van der Waals surface area contributed by atoms with Crippen LogP contribution < -0.4 is 10.6 Å². The van der Waals surface area contributed by atoms with Crippen LogP contribution in [0.5, 0.6) is 0 Å². The molecule has 3 heterocycles. The number of aromatic nitrogens is 3. The average Bonchev–Trinajstić information content (AvgIpc) is 3.25. The van der Waals surface area contributed by atoms with Crippen LogP contribution in [0.3, 0.4) is 0 Å². The van der Waals surface area contributed by atoms with E-state index in [-0.39, 0.29) is 18.4 Å². The Morgan fingerprint density at radius 2 is 1.96 bits per heavy atom. The number of carbonyl (C=O) groups excluding carboxylic acids is 1. The second-order valence-electron chi connectivity index (χ2n) is 7.43. The molecule has 2 aromatic rings. The van der Waals surface area contributed by atoms with Crippen molar-refractivity contribution in [1.82, 2.24) is 20.3 Å². The lowest BCUT2D eigenvalue weighted by Crippen LogP contribution is -2.35. The van der Waals surface area contributed by atoms with Crippen LogP contribution in [0.4, 0.5) is 5.82 Å². The molecule has 0 unspecified atom stereocenters. The Bertz CT molecular complexity index is 819. The molecule has 1 aliphatic heterocycles. The number of anilines is 1. The van der Waals surface area contributed by atoms with Crippen molar-refractivity contribution in [3.63, 3.8) is 0 Å². The Hall–Kier alpha value is -2.07. The molecule has 4 atom stereocenters. The van der Waals surface area contributed by atoms with Crippen LogP contribution in [-0.4, -0.2) is 61.0 Å². The van der Waals surface area contributed by atoms with Gasteiger partial charge in [-0.05, 0) is 12.8 Å². The molecule has 1 amide bonds. The number of rotatable bonds is 4. The zero-order valence-corrected chi connectivity index (χ0v) is 14.9. The minimum atomic E-state index is -1.07. The predicted molar refractivity (Wildman–Crippen MR) is 97.9 cm³/mol. The van der Waals surface area contributed by atoms with Gasteiger partial charge in [0.25, 0.3) is 0 Å². The van der Waals surface area contributed by atoms with Crippen molar-refractivity contribution in [3.05, 3.63) is 18.1 Å². The second-order valence-corrected chi connectivity index (χ2v) is 7.43. The third-order valence-corrected chi connectivity index (χ3v) is 5.74. The van der Waals surface area contributed by atoms with E-state index in [0.717, 1.165) is 25.7 Å². The average molecular weight is 375 g/mol. The first-order valence-electron chi connectivity index (χ1n) is 9.46. The lowest BCUT2D eigenvalue weighted by Gasteiger charge is -2.20. The van der Waals surface area contributed by atoms with Crippen LogP contribution in [0.2, 0.25) is 0 Å². The van der Waals surface area contributed by atoms with E-state index in [0.29, 0.717) is 22.4 Å². The number of nitrogens with one attached hydrogen (secondary N) is 3. The van der Waals surface area contributed by atoms with Gasteiger partial charge in [0.1, 0.15) is 17.9 Å². The quantitative estimate of drug-likeness (QED) is 0.448. The zero-order chi connectivity index (χ0) is 19.0. The van der Waals surface area contributed by atoms with Crippen molar-refractivity contribution < 1.29 is 20.1 Å². The fraction of sp³-hybridized carbons (Fsp3) is 0.611. The minimum Gasteiger partial charge on any atom is -0.395 e. The van der Waals surface area contributed by atoms with Gasteiger partial charge in [0.15, 0.2) is 5.82 Å². The smallest absolute Gasteiger partial charge is 0.228 e. The van der Waals surface area contributed by atoms with Gasteiger partial charge in [-0.15, -0.1) is 0 Å². The van der Waals surface area contributed by atoms with Crippen molar-refractivity contribution in [3.8, 4) is 0 Å². The molecule has 1 saturated carbocycles. The van der Waals surface area contributed by atoms with E-state index in [1.54, 1.807) is 6.20 Å². The highest BCUT2D eigenvalue weighted by atomic mass is 16.3. The SMILES string of the molecule is O=C(Nc1ncnc2c([C@@H]3N[C@H](CO)[C@@H](O)[C@H]3O)c[nH]c12)C1CCCCC1. The molecule has 0 radical (unpaired) electrons. The van der Waals surface area contributed by atoms with Crippen molar-refractivity contribution in [2.24, 2.45) is 5.92 Å². The minimum absolute atomic E-state index is 0.0111. The number of carbonyl (C=O) groups is 1. The van der Waals surface area contributed by atoms with E-state index in [2.05, 4.69) is 25.6 Å². The highest BCUT2D eigenvalue weighted by molar-refractivity contribution is 5.99. The van der Waals surface area contributed by atoms with E-state index in [9.17, 15) is 20.1 Å². The van der Waals surface area contributed by atoms with Crippen molar-refractivity contribution >= 4 is 22.8 Å². The van der Waals surface area contributed by atoms with Crippen molar-refractivity contribution in [2.45, 2.75) is 56.4 Å². The van der Waals surface area contributed by atoms with Crippen molar-refractivity contribution in [1.29, 1.82) is 0 Å². The molecule has 2 fully saturated rings. The molecule has 6 N–H and O–H groups in total. The molecule has 0 bridgehead atoms. The first kappa shape index (κ1) is 18.3. The van der Waals surface area contributed by atoms with Crippen LogP contribution in [0, 0.1) is 5.92 Å². The summed E-state index contributed by atoms with van der Waals surface area (Å²) in [4.78, 5) is 24.1. The van der Waals surface area contributed by atoms with Crippen LogP contribution in [0.15, 0.2) is 12.5 Å². The van der Waals surface area contributed by atoms with E-state index < -0.39 is 24.3 Å². The monoisotopic (exact) mass is 375 g/mol. The summed E-state index contributed by atoms with van der Waals surface area (Å²) in [5, 5.41) is 35.6. The van der Waals surface area contributed by atoms with Crippen molar-refractivity contribution in [2.75, 3.05) is 11.9 Å². The standard InChI is InChI=1S/C18H25N5O4/c24-7-11-15(25)16(26)13(22-11)10-6-19-14-12(10)20-8-21-17(14)23-18(27)9-4-2-1-3-5-9/h6,8-9,11,13,15-16,19,22,24-26H,1-5,7H2,(H,20,21,23,27)/t11-,13+,15-,16+/m1/s1. The molecule has 2 aliphatic rings. The highest BCUT2D eigenvalue weighted by Gasteiger charge is 2.42. The Morgan fingerprint density at radius 3 is 2.67 bits per heavy atom. The molecule has 9 heteroatoms. The highest BCUT2D eigenvalue weighted by Crippen LogP contribution is 2.33. The first-order chi connectivity index (χ1) is 13.1. The maximum Gasteiger partial charge on any atom is 0.228 e. The Kier molecular flexibility index (Phi) is 5.09. The maximum atomic E-state index is 12.6. The molecule has 27 heavy (non-hydrogen) atoms. The van der Waals surface area contributed by atoms with E-state index in [1.807, 2.05) is 0 Å². The number of aromatic amines is 1. The Balaban J connectivity index is 1.59. The number of H-pyrrole nitrogens is 1. The largest absolute Gasteiger partial charge is 0.395 e. The van der Waals surface area contributed by atoms with Crippen LogP contribution in [-0.2, 0) is 4.79 Å². The van der Waals surface area contributed by atoms with Crippen LogP contribution in [0.1, 0.15) is 43.7 Å². The zero-order valence-electron chi connectivity index (χ0n) is 14.9. The summed E-state index contributed by atoms with van der Waals surface area (Å²) in [7, 11) is 0. The molecule has 9 nitrogen and oxygen atoms in total. The van der Waals surface area contributed by atoms with Crippen LogP contribution >= 0.6 is 0 Å². The fourth-order valence-electron chi connectivity index (χ4n) is 4.17. The summed E-state index contributed by atoms with van der Waals surface area (Å²) in [6, 6.07) is -1.19. The topological polar surface area (TPSA) is 143 Å². The third-order valence-electron chi connectivity index (χ3n) is 5.74. The Morgan fingerprint density at radius 1 is 1.19 bits per heavy atom. The van der Waals surface area contributed by atoms with E-state index in [4.69, 9.17) is 0 Å². The van der Waals surface area contributed by atoms with Crippen LogP contribution in [0.25, 0.3) is 11.0 Å². The number of amides is 1. The summed E-state index contributed by atoms with van der Waals surface area (Å²) < 4.78 is 0. The van der Waals surface area contributed by atoms with E-state index in [1.165, 1.54) is 12.7 Å². The molecule has 4 rings (SSSR count). The third kappa shape index (κ3) is 3.31. The van der Waals surface area contributed by atoms with Gasteiger partial charge in [0.2, 0.25) is 5.91 Å². The molecule has 0 aromatic carbocycles. The summed E-state index contributed by atoms with van der Waals surface area (Å²) in [6.07, 6.45) is 6.03. The first-order valence-corrected chi connectivity index (χ1v) is 9.46. The summed E-state index contributed by atoms with van der Waals surface area (Å²) >= 11 is 0. The lowest BCUT2D eigenvalue weighted by molar-refractivity contribution is -0.120. The number of hydrogen-bond donors (Lipinski definition) is 6. The number of hydrogen-bond acceptors (Lipinski definition) is 7. The van der Waals surface area contributed by atoms with E-state index >= 15 is 0 Å². The molecule has 0 spiro atoms. The van der Waals surface area contributed by atoms with Gasteiger partial charge in [0.05, 0.1) is 30.3 Å². The summed E-state index contributed by atoms with van der Waals surface area (Å²) in [5.74, 6) is 0.395. The molecular formula is C18H25N5O4. The summed E-state index contributed by atoms with van der Waals surface area (Å²) in [6.45, 7) is -0.283. The fourth-order valence-corrected chi connectivity index (χ4v) is 4.17. The normalized spacial score (nSPS) is 29.3. The number of aliphatic hydroxyl groups is 3. The molecule has 1 aliphatic carbocycles. The maximum absolute atomic E-state index is 12.6. The molecule has 146 valence electrons. The summed E-state index contributed by atoms with van der Waals surface area (Å²) in [5.41, 5.74) is 1.79. The number of nitrogens with zero attached hydrogens (tertiary/aromatic N) is 2.